The zero-order chi connectivity index (χ0) is 12.4. The summed E-state index contributed by atoms with van der Waals surface area (Å²) in [5.74, 6) is 1.72. The fraction of sp³-hybridized carbons (Fsp3) is 0.714. The van der Waals surface area contributed by atoms with Crippen LogP contribution in [-0.4, -0.2) is 6.04 Å². The van der Waals surface area contributed by atoms with Crippen LogP contribution in [0.25, 0.3) is 0 Å². The molecule has 0 amide bonds. The first-order chi connectivity index (χ1) is 8.06. The largest absolute Gasteiger partial charge is 0.306 e. The van der Waals surface area contributed by atoms with Crippen LogP contribution in [0.2, 0.25) is 0 Å². The van der Waals surface area contributed by atoms with Crippen LogP contribution in [0.3, 0.4) is 0 Å². The van der Waals surface area contributed by atoms with E-state index in [4.69, 9.17) is 0 Å². The second kappa shape index (κ2) is 5.85. The predicted octanol–water partition coefficient (Wildman–Crippen LogP) is 4.99. The number of hydrogen-bond donors (Lipinski definition) is 1. The highest BCUT2D eigenvalue weighted by molar-refractivity contribution is 9.11. The zero-order valence-corrected chi connectivity index (χ0v) is 13.3. The number of halogens is 1. The molecule has 3 heteroatoms. The second-order valence-electron chi connectivity index (χ2n) is 5.53. The summed E-state index contributed by atoms with van der Waals surface area (Å²) in [6.45, 7) is 7.06. The maximum absolute atomic E-state index is 3.81. The molecule has 1 aliphatic carbocycles. The van der Waals surface area contributed by atoms with Crippen LogP contribution in [0.4, 0.5) is 0 Å². The van der Waals surface area contributed by atoms with Crippen LogP contribution in [0.5, 0.6) is 0 Å². The molecule has 0 radical (unpaired) electrons. The first-order valence-electron chi connectivity index (χ1n) is 6.57. The van der Waals surface area contributed by atoms with Crippen molar-refractivity contribution in [2.75, 3.05) is 0 Å². The number of rotatable bonds is 3. The lowest BCUT2D eigenvalue weighted by atomic mass is 9.79. The lowest BCUT2D eigenvalue weighted by Crippen LogP contribution is -2.40. The monoisotopic (exact) mass is 315 g/mol. The predicted molar refractivity (Wildman–Crippen MR) is 79.5 cm³/mol. The van der Waals surface area contributed by atoms with Crippen LogP contribution in [-0.2, 0) is 0 Å². The molecule has 0 aliphatic heterocycles. The van der Waals surface area contributed by atoms with Crippen molar-refractivity contribution in [3.8, 4) is 0 Å². The molecule has 1 saturated carbocycles. The first kappa shape index (κ1) is 13.6. The van der Waals surface area contributed by atoms with E-state index in [1.54, 1.807) is 0 Å². The van der Waals surface area contributed by atoms with Crippen molar-refractivity contribution in [3.63, 3.8) is 0 Å². The smallest absolute Gasteiger partial charge is 0.0701 e. The molecule has 96 valence electrons. The van der Waals surface area contributed by atoms with E-state index in [9.17, 15) is 0 Å². The van der Waals surface area contributed by atoms with Gasteiger partial charge in [0.05, 0.1) is 3.79 Å². The molecule has 0 saturated heterocycles. The van der Waals surface area contributed by atoms with Gasteiger partial charge in [-0.15, -0.1) is 11.3 Å². The van der Waals surface area contributed by atoms with E-state index in [1.165, 1.54) is 27.9 Å². The van der Waals surface area contributed by atoms with E-state index in [1.807, 2.05) is 11.3 Å². The molecular weight excluding hydrogens is 294 g/mol. The van der Waals surface area contributed by atoms with Gasteiger partial charge in [-0.1, -0.05) is 13.8 Å². The molecule has 0 bridgehead atoms. The van der Waals surface area contributed by atoms with E-state index in [0.29, 0.717) is 12.1 Å². The molecule has 0 aromatic carbocycles. The van der Waals surface area contributed by atoms with Gasteiger partial charge in [-0.05, 0) is 66.1 Å². The summed E-state index contributed by atoms with van der Waals surface area (Å²) in [6, 6.07) is 5.54. The van der Waals surface area contributed by atoms with Crippen LogP contribution in [0, 0.1) is 11.8 Å². The van der Waals surface area contributed by atoms with Crippen molar-refractivity contribution < 1.29 is 0 Å². The molecule has 4 atom stereocenters. The Hall–Kier alpha value is 0.140. The lowest BCUT2D eigenvalue weighted by Gasteiger charge is -2.35. The second-order valence-corrected chi connectivity index (χ2v) is 8.03. The molecule has 1 aromatic rings. The van der Waals surface area contributed by atoms with Gasteiger partial charge in [0.25, 0.3) is 0 Å². The minimum atomic E-state index is 0.479. The molecular formula is C14H22BrNS. The Kier molecular flexibility index (Phi) is 4.67. The van der Waals surface area contributed by atoms with Crippen molar-refractivity contribution >= 4 is 27.3 Å². The molecule has 1 aromatic heterocycles. The van der Waals surface area contributed by atoms with Gasteiger partial charge in [-0.25, -0.2) is 0 Å². The quantitative estimate of drug-likeness (QED) is 0.829. The third kappa shape index (κ3) is 3.55. The Bertz CT molecular complexity index is 363. The summed E-state index contributed by atoms with van der Waals surface area (Å²) < 4.78 is 1.23. The highest BCUT2D eigenvalue weighted by Crippen LogP contribution is 2.32. The van der Waals surface area contributed by atoms with Crippen molar-refractivity contribution in [2.45, 2.75) is 52.1 Å². The summed E-state index contributed by atoms with van der Waals surface area (Å²) in [6.07, 6.45) is 4.08. The van der Waals surface area contributed by atoms with E-state index < -0.39 is 0 Å². The van der Waals surface area contributed by atoms with Crippen LogP contribution in [0.15, 0.2) is 15.9 Å². The molecule has 1 aliphatic rings. The molecule has 2 rings (SSSR count). The Labute approximate surface area is 117 Å². The van der Waals surface area contributed by atoms with Gasteiger partial charge in [0.15, 0.2) is 0 Å². The Morgan fingerprint density at radius 3 is 2.71 bits per heavy atom. The van der Waals surface area contributed by atoms with E-state index >= 15 is 0 Å². The maximum atomic E-state index is 3.81. The van der Waals surface area contributed by atoms with Gasteiger partial charge in [-0.3, -0.25) is 0 Å². The summed E-state index contributed by atoms with van der Waals surface area (Å²) in [5.41, 5.74) is 0. The summed E-state index contributed by atoms with van der Waals surface area (Å²) in [5, 5.41) is 3.81. The van der Waals surface area contributed by atoms with Crippen molar-refractivity contribution in [1.82, 2.24) is 5.32 Å². The number of hydrogen-bond acceptors (Lipinski definition) is 2. The molecule has 17 heavy (non-hydrogen) atoms. The SMILES string of the molecule is CC1CCC(NC(C)c2ccc(Br)s2)C(C)C1. The van der Waals surface area contributed by atoms with Gasteiger partial charge in [0, 0.05) is 17.0 Å². The lowest BCUT2D eigenvalue weighted by molar-refractivity contribution is 0.217. The number of nitrogens with one attached hydrogen (secondary N) is 1. The minimum Gasteiger partial charge on any atom is -0.306 e. The highest BCUT2D eigenvalue weighted by Gasteiger charge is 2.26. The average molecular weight is 316 g/mol. The molecule has 1 N–H and O–H groups in total. The molecule has 0 spiro atoms. The number of thiophene rings is 1. The van der Waals surface area contributed by atoms with Gasteiger partial charge < -0.3 is 5.32 Å². The molecule has 4 unspecified atom stereocenters. The summed E-state index contributed by atoms with van der Waals surface area (Å²) >= 11 is 5.38. The first-order valence-corrected chi connectivity index (χ1v) is 8.18. The van der Waals surface area contributed by atoms with Crippen LogP contribution in [0.1, 0.15) is 51.0 Å². The average Bonchev–Trinajstić information content (AvgIpc) is 2.69. The third-order valence-corrected chi connectivity index (χ3v) is 5.72. The fourth-order valence-electron chi connectivity index (χ4n) is 2.88. The van der Waals surface area contributed by atoms with Crippen molar-refractivity contribution in [2.24, 2.45) is 11.8 Å². The molecule has 1 fully saturated rings. The van der Waals surface area contributed by atoms with Crippen LogP contribution < -0.4 is 5.32 Å². The minimum absolute atomic E-state index is 0.479. The molecule has 1 nitrogen and oxygen atoms in total. The maximum Gasteiger partial charge on any atom is 0.0701 e. The van der Waals surface area contributed by atoms with Gasteiger partial charge in [-0.2, -0.15) is 0 Å². The Morgan fingerprint density at radius 1 is 1.35 bits per heavy atom. The summed E-state index contributed by atoms with van der Waals surface area (Å²) in [4.78, 5) is 1.43. The van der Waals surface area contributed by atoms with Gasteiger partial charge in [0.2, 0.25) is 0 Å². The van der Waals surface area contributed by atoms with Crippen LogP contribution >= 0.6 is 27.3 Å². The van der Waals surface area contributed by atoms with Gasteiger partial charge >= 0.3 is 0 Å². The molecule has 1 heterocycles. The topological polar surface area (TPSA) is 12.0 Å². The summed E-state index contributed by atoms with van der Waals surface area (Å²) in [7, 11) is 0. The third-order valence-electron chi connectivity index (χ3n) is 3.92. The van der Waals surface area contributed by atoms with E-state index in [0.717, 1.165) is 11.8 Å². The standard InChI is InChI=1S/C14H22BrNS/c1-9-4-5-12(10(2)8-9)16-11(3)13-6-7-14(15)17-13/h6-7,9-12,16H,4-5,8H2,1-3H3. The van der Waals surface area contributed by atoms with Crippen molar-refractivity contribution in [1.29, 1.82) is 0 Å². The Balaban J connectivity index is 1.92. The highest BCUT2D eigenvalue weighted by atomic mass is 79.9. The van der Waals surface area contributed by atoms with E-state index in [-0.39, 0.29) is 0 Å². The zero-order valence-electron chi connectivity index (χ0n) is 10.9. The fourth-order valence-corrected chi connectivity index (χ4v) is 4.31. The van der Waals surface area contributed by atoms with Gasteiger partial charge in [0.1, 0.15) is 0 Å². The Morgan fingerprint density at radius 2 is 2.12 bits per heavy atom. The normalized spacial score (nSPS) is 31.4. The van der Waals surface area contributed by atoms with E-state index in [2.05, 4.69) is 54.2 Å². The van der Waals surface area contributed by atoms with Crippen molar-refractivity contribution in [3.05, 3.63) is 20.8 Å².